The van der Waals surface area contributed by atoms with E-state index in [1.807, 2.05) is 51.1 Å². The molecule has 3 N–H and O–H groups in total. The molecular formula is C14H23N3O. The van der Waals surface area contributed by atoms with Gasteiger partial charge in [0.15, 0.2) is 0 Å². The molecule has 1 rings (SSSR count). The van der Waals surface area contributed by atoms with Crippen LogP contribution in [-0.2, 0) is 6.54 Å². The summed E-state index contributed by atoms with van der Waals surface area (Å²) in [6.45, 7) is 7.53. The van der Waals surface area contributed by atoms with Crippen molar-refractivity contribution in [1.29, 1.82) is 0 Å². The average Bonchev–Trinajstić information content (AvgIpc) is 2.38. The maximum absolute atomic E-state index is 12.1. The van der Waals surface area contributed by atoms with Crippen molar-refractivity contribution in [3.63, 3.8) is 0 Å². The molecule has 0 saturated heterocycles. The predicted molar refractivity (Wildman–Crippen MR) is 74.2 cm³/mol. The number of carbonyl (C=O) groups excluding carboxylic acids is 1. The smallest absolute Gasteiger partial charge is 0.318 e. The van der Waals surface area contributed by atoms with Gasteiger partial charge in [-0.25, -0.2) is 4.79 Å². The second-order valence-corrected chi connectivity index (χ2v) is 4.91. The van der Waals surface area contributed by atoms with Crippen LogP contribution >= 0.6 is 0 Å². The summed E-state index contributed by atoms with van der Waals surface area (Å²) in [6.07, 6.45) is 0. The van der Waals surface area contributed by atoms with E-state index in [9.17, 15) is 4.79 Å². The lowest BCUT2D eigenvalue weighted by Gasteiger charge is -2.37. The van der Waals surface area contributed by atoms with Crippen molar-refractivity contribution in [2.24, 2.45) is 5.73 Å². The number of nitrogens with one attached hydrogen (secondary N) is 1. The lowest BCUT2D eigenvalue weighted by molar-refractivity contribution is 0.143. The highest BCUT2D eigenvalue weighted by atomic mass is 16.2. The van der Waals surface area contributed by atoms with Gasteiger partial charge in [0.1, 0.15) is 0 Å². The van der Waals surface area contributed by atoms with Crippen LogP contribution in [0, 0.1) is 0 Å². The zero-order valence-corrected chi connectivity index (χ0v) is 11.4. The summed E-state index contributed by atoms with van der Waals surface area (Å²) in [5.74, 6) is 0. The van der Waals surface area contributed by atoms with Crippen molar-refractivity contribution in [2.45, 2.75) is 32.9 Å². The standard InChI is InChI=1S/C14H23N3O/c1-4-17(14(2,3)11-15)13(18)16-10-12-8-6-5-7-9-12/h5-9H,4,10-11,15H2,1-3H3,(H,16,18). The topological polar surface area (TPSA) is 58.4 Å². The Morgan fingerprint density at radius 2 is 1.94 bits per heavy atom. The fourth-order valence-electron chi connectivity index (χ4n) is 1.83. The number of amides is 2. The second-order valence-electron chi connectivity index (χ2n) is 4.91. The van der Waals surface area contributed by atoms with Crippen molar-refractivity contribution in [1.82, 2.24) is 10.2 Å². The summed E-state index contributed by atoms with van der Waals surface area (Å²) in [7, 11) is 0. The summed E-state index contributed by atoms with van der Waals surface area (Å²) in [4.78, 5) is 13.9. The molecule has 0 heterocycles. The number of hydrogen-bond donors (Lipinski definition) is 2. The average molecular weight is 249 g/mol. The Morgan fingerprint density at radius 3 is 2.44 bits per heavy atom. The van der Waals surface area contributed by atoms with Gasteiger partial charge >= 0.3 is 6.03 Å². The Labute approximate surface area is 109 Å². The molecule has 18 heavy (non-hydrogen) atoms. The van der Waals surface area contributed by atoms with Gasteiger partial charge < -0.3 is 16.0 Å². The van der Waals surface area contributed by atoms with E-state index in [0.717, 1.165) is 5.56 Å². The molecule has 100 valence electrons. The fraction of sp³-hybridized carbons (Fsp3) is 0.500. The lowest BCUT2D eigenvalue weighted by Crippen LogP contribution is -2.55. The number of likely N-dealkylation sites (N-methyl/N-ethyl adjacent to an activating group) is 1. The zero-order chi connectivity index (χ0) is 13.6. The molecule has 1 aromatic rings. The maximum Gasteiger partial charge on any atom is 0.318 e. The minimum atomic E-state index is -0.324. The molecule has 0 spiro atoms. The number of nitrogens with zero attached hydrogens (tertiary/aromatic N) is 1. The van der Waals surface area contributed by atoms with Crippen LogP contribution in [0.1, 0.15) is 26.3 Å². The quantitative estimate of drug-likeness (QED) is 0.838. The molecule has 0 radical (unpaired) electrons. The van der Waals surface area contributed by atoms with Crippen LogP contribution in [0.5, 0.6) is 0 Å². The van der Waals surface area contributed by atoms with Crippen molar-refractivity contribution in [2.75, 3.05) is 13.1 Å². The number of rotatable bonds is 5. The molecule has 0 aromatic heterocycles. The second kappa shape index (κ2) is 6.40. The molecule has 4 heteroatoms. The van der Waals surface area contributed by atoms with Gasteiger partial charge in [0, 0.05) is 19.6 Å². The van der Waals surface area contributed by atoms with Crippen molar-refractivity contribution in [3.8, 4) is 0 Å². The van der Waals surface area contributed by atoms with Crippen LogP contribution in [0.25, 0.3) is 0 Å². The molecule has 4 nitrogen and oxygen atoms in total. The van der Waals surface area contributed by atoms with Gasteiger partial charge in [-0.05, 0) is 26.3 Å². The highest BCUT2D eigenvalue weighted by molar-refractivity contribution is 5.75. The van der Waals surface area contributed by atoms with Gasteiger partial charge in [0.2, 0.25) is 0 Å². The molecule has 0 bridgehead atoms. The fourth-order valence-corrected chi connectivity index (χ4v) is 1.83. The zero-order valence-electron chi connectivity index (χ0n) is 11.4. The van der Waals surface area contributed by atoms with Crippen molar-refractivity contribution in [3.05, 3.63) is 35.9 Å². The van der Waals surface area contributed by atoms with Crippen LogP contribution in [0.15, 0.2) is 30.3 Å². The van der Waals surface area contributed by atoms with E-state index in [0.29, 0.717) is 19.6 Å². The third-order valence-electron chi connectivity index (χ3n) is 3.08. The normalized spacial score (nSPS) is 11.1. The number of benzene rings is 1. The predicted octanol–water partition coefficient (Wildman–Crippen LogP) is 1.96. The summed E-state index contributed by atoms with van der Waals surface area (Å²) in [5, 5.41) is 2.92. The first kappa shape index (κ1) is 14.5. The molecule has 0 aliphatic rings. The summed E-state index contributed by atoms with van der Waals surface area (Å²) in [5.41, 5.74) is 6.47. The van der Waals surface area contributed by atoms with Crippen LogP contribution in [-0.4, -0.2) is 29.6 Å². The van der Waals surface area contributed by atoms with E-state index in [1.54, 1.807) is 4.90 Å². The largest absolute Gasteiger partial charge is 0.334 e. The maximum atomic E-state index is 12.1. The summed E-state index contributed by atoms with van der Waals surface area (Å²) >= 11 is 0. The van der Waals surface area contributed by atoms with Crippen molar-refractivity contribution < 1.29 is 4.79 Å². The molecule has 0 atom stereocenters. The molecular weight excluding hydrogens is 226 g/mol. The van der Waals surface area contributed by atoms with E-state index in [4.69, 9.17) is 5.73 Å². The van der Waals surface area contributed by atoms with Gasteiger partial charge in [0.25, 0.3) is 0 Å². The monoisotopic (exact) mass is 249 g/mol. The highest BCUT2D eigenvalue weighted by Gasteiger charge is 2.27. The molecule has 0 unspecified atom stereocenters. The first-order valence-electron chi connectivity index (χ1n) is 6.30. The number of carbonyl (C=O) groups is 1. The van der Waals surface area contributed by atoms with Gasteiger partial charge in [0.05, 0.1) is 5.54 Å². The Hall–Kier alpha value is -1.55. The van der Waals surface area contributed by atoms with Crippen LogP contribution in [0.3, 0.4) is 0 Å². The third kappa shape index (κ3) is 3.74. The van der Waals surface area contributed by atoms with Gasteiger partial charge in [-0.15, -0.1) is 0 Å². The summed E-state index contributed by atoms with van der Waals surface area (Å²) in [6, 6.07) is 9.79. The molecule has 0 fully saturated rings. The molecule has 1 aromatic carbocycles. The SMILES string of the molecule is CCN(C(=O)NCc1ccccc1)C(C)(C)CN. The van der Waals surface area contributed by atoms with E-state index in [2.05, 4.69) is 5.32 Å². The first-order valence-corrected chi connectivity index (χ1v) is 6.30. The van der Waals surface area contributed by atoms with Gasteiger partial charge in [-0.3, -0.25) is 0 Å². The Bertz CT molecular complexity index is 376. The minimum absolute atomic E-state index is 0.0724. The molecule has 0 aliphatic heterocycles. The van der Waals surface area contributed by atoms with Crippen LogP contribution in [0.4, 0.5) is 4.79 Å². The Balaban J connectivity index is 2.59. The number of urea groups is 1. The highest BCUT2D eigenvalue weighted by Crippen LogP contribution is 2.12. The van der Waals surface area contributed by atoms with E-state index in [-0.39, 0.29) is 11.6 Å². The first-order chi connectivity index (χ1) is 8.51. The van der Waals surface area contributed by atoms with Gasteiger partial charge in [-0.1, -0.05) is 30.3 Å². The van der Waals surface area contributed by atoms with E-state index < -0.39 is 0 Å². The van der Waals surface area contributed by atoms with Crippen LogP contribution in [0.2, 0.25) is 0 Å². The molecule has 0 aliphatic carbocycles. The Kier molecular flexibility index (Phi) is 5.16. The third-order valence-corrected chi connectivity index (χ3v) is 3.08. The molecule has 0 saturated carbocycles. The lowest BCUT2D eigenvalue weighted by atomic mass is 10.0. The van der Waals surface area contributed by atoms with Gasteiger partial charge in [-0.2, -0.15) is 0 Å². The molecule has 2 amide bonds. The number of hydrogen-bond acceptors (Lipinski definition) is 2. The summed E-state index contributed by atoms with van der Waals surface area (Å²) < 4.78 is 0. The van der Waals surface area contributed by atoms with E-state index >= 15 is 0 Å². The van der Waals surface area contributed by atoms with Crippen LogP contribution < -0.4 is 11.1 Å². The minimum Gasteiger partial charge on any atom is -0.334 e. The van der Waals surface area contributed by atoms with Crippen molar-refractivity contribution >= 4 is 6.03 Å². The van der Waals surface area contributed by atoms with E-state index in [1.165, 1.54) is 0 Å². The Morgan fingerprint density at radius 1 is 1.33 bits per heavy atom. The number of nitrogens with two attached hydrogens (primary N) is 1.